The van der Waals surface area contributed by atoms with E-state index in [0.29, 0.717) is 34.7 Å². The number of benzene rings is 2. The number of fused-ring (bicyclic) bond motifs is 1. The molecule has 1 aliphatic carbocycles. The summed E-state index contributed by atoms with van der Waals surface area (Å²) in [5.74, 6) is 1.12. The van der Waals surface area contributed by atoms with Gasteiger partial charge in [-0.3, -0.25) is 9.11 Å². The van der Waals surface area contributed by atoms with Crippen molar-refractivity contribution in [1.82, 2.24) is 4.72 Å². The number of nitriles is 1. The summed E-state index contributed by atoms with van der Waals surface area (Å²) in [5, 5.41) is 8.83. The Bertz CT molecular complexity index is 813. The number of rotatable bonds is 3. The number of anilines is 1. The van der Waals surface area contributed by atoms with E-state index in [1.165, 1.54) is 0 Å². The van der Waals surface area contributed by atoms with Crippen LogP contribution in [-0.2, 0) is 0 Å². The predicted octanol–water partition coefficient (Wildman–Crippen LogP) is 3.90. The Morgan fingerprint density at radius 3 is 2.50 bits per heavy atom. The van der Waals surface area contributed by atoms with Crippen molar-refractivity contribution in [2.75, 3.05) is 11.6 Å². The summed E-state index contributed by atoms with van der Waals surface area (Å²) in [6.07, 6.45) is 2.26. The lowest BCUT2D eigenvalue weighted by molar-refractivity contribution is 0.455. The first-order valence-corrected chi connectivity index (χ1v) is 9.23. The molecule has 2 aliphatic rings. The summed E-state index contributed by atoms with van der Waals surface area (Å²) in [6.45, 7) is 0.440. The minimum Gasteiger partial charge on any atom is -0.457 e. The Labute approximate surface area is 141 Å². The molecule has 2 aromatic carbocycles. The molecule has 0 unspecified atom stereocenters. The smallest absolute Gasteiger partial charge is 0.129 e. The van der Waals surface area contributed by atoms with Crippen molar-refractivity contribution in [1.29, 1.82) is 5.26 Å². The molecule has 6 nitrogen and oxygen atoms in total. The SMILES string of the molecule is N#Cc1ccc(Oc2ccc3c(c2)S(O)(O)NCN3C2CC2)cc1. The van der Waals surface area contributed by atoms with Gasteiger partial charge in [-0.25, -0.2) is 0 Å². The molecule has 0 spiro atoms. The van der Waals surface area contributed by atoms with Crippen LogP contribution in [0, 0.1) is 11.3 Å². The highest BCUT2D eigenvalue weighted by Crippen LogP contribution is 2.54. The first-order valence-electron chi connectivity index (χ1n) is 7.68. The van der Waals surface area contributed by atoms with Gasteiger partial charge in [-0.05, 0) is 49.2 Å². The van der Waals surface area contributed by atoms with E-state index in [2.05, 4.69) is 15.7 Å². The Balaban J connectivity index is 1.64. The van der Waals surface area contributed by atoms with Gasteiger partial charge >= 0.3 is 0 Å². The highest BCUT2D eigenvalue weighted by atomic mass is 32.3. The lowest BCUT2D eigenvalue weighted by atomic mass is 10.2. The quantitative estimate of drug-likeness (QED) is 0.783. The highest BCUT2D eigenvalue weighted by Gasteiger charge is 2.37. The van der Waals surface area contributed by atoms with Crippen molar-refractivity contribution < 1.29 is 13.8 Å². The fourth-order valence-corrected chi connectivity index (χ4v) is 4.02. The summed E-state index contributed by atoms with van der Waals surface area (Å²) in [6, 6.07) is 14.7. The van der Waals surface area contributed by atoms with Crippen LogP contribution in [0.1, 0.15) is 18.4 Å². The van der Waals surface area contributed by atoms with Gasteiger partial charge in [0.25, 0.3) is 0 Å². The molecule has 3 N–H and O–H groups in total. The van der Waals surface area contributed by atoms with E-state index in [1.54, 1.807) is 30.3 Å². The molecule has 1 heterocycles. The van der Waals surface area contributed by atoms with Gasteiger partial charge in [0, 0.05) is 12.1 Å². The van der Waals surface area contributed by atoms with Crippen molar-refractivity contribution in [3.63, 3.8) is 0 Å². The second-order valence-corrected chi connectivity index (χ2v) is 7.75. The van der Waals surface area contributed by atoms with Crippen LogP contribution in [0.25, 0.3) is 0 Å². The Morgan fingerprint density at radius 2 is 1.83 bits per heavy atom. The van der Waals surface area contributed by atoms with Crippen LogP contribution < -0.4 is 14.4 Å². The lowest BCUT2D eigenvalue weighted by Crippen LogP contribution is -2.42. The van der Waals surface area contributed by atoms with Crippen molar-refractivity contribution in [3.05, 3.63) is 48.0 Å². The Morgan fingerprint density at radius 1 is 1.12 bits per heavy atom. The van der Waals surface area contributed by atoms with Crippen LogP contribution in [0.4, 0.5) is 5.69 Å². The fourth-order valence-electron chi connectivity index (χ4n) is 2.79. The molecule has 7 heteroatoms. The number of nitrogens with zero attached hydrogens (tertiary/aromatic N) is 2. The Hall–Kier alpha value is -2.24. The number of nitrogens with one attached hydrogen (secondary N) is 1. The third-order valence-electron chi connectivity index (χ3n) is 4.19. The summed E-state index contributed by atoms with van der Waals surface area (Å²) in [5.41, 5.74) is 1.41. The van der Waals surface area contributed by atoms with Crippen LogP contribution in [0.15, 0.2) is 47.4 Å². The molecule has 0 saturated heterocycles. The van der Waals surface area contributed by atoms with Gasteiger partial charge in [-0.1, -0.05) is 0 Å². The highest BCUT2D eigenvalue weighted by molar-refractivity contribution is 8.22. The molecule has 0 atom stereocenters. The van der Waals surface area contributed by atoms with Crippen LogP contribution in [0.2, 0.25) is 0 Å². The second-order valence-electron chi connectivity index (χ2n) is 5.92. The molecule has 0 aromatic heterocycles. The largest absolute Gasteiger partial charge is 0.457 e. The van der Waals surface area contributed by atoms with Gasteiger partial charge in [0.2, 0.25) is 0 Å². The summed E-state index contributed by atoms with van der Waals surface area (Å²) < 4.78 is 29.2. The zero-order chi connectivity index (χ0) is 16.7. The molecule has 2 aromatic rings. The zero-order valence-corrected chi connectivity index (χ0v) is 13.7. The molecule has 24 heavy (non-hydrogen) atoms. The summed E-state index contributed by atoms with van der Waals surface area (Å²) in [4.78, 5) is 2.63. The first-order chi connectivity index (χ1) is 11.6. The van der Waals surface area contributed by atoms with Crippen molar-refractivity contribution in [3.8, 4) is 17.6 Å². The first kappa shape index (κ1) is 15.3. The molecular formula is C17H17N3O3S. The average Bonchev–Trinajstić information content (AvgIpc) is 3.41. The van der Waals surface area contributed by atoms with Gasteiger partial charge in [0.15, 0.2) is 0 Å². The van der Waals surface area contributed by atoms with Gasteiger partial charge < -0.3 is 9.64 Å². The molecule has 124 valence electrons. The number of hydrogen-bond acceptors (Lipinski definition) is 6. The van der Waals surface area contributed by atoms with E-state index in [4.69, 9.17) is 10.00 Å². The minimum absolute atomic E-state index is 0.440. The molecule has 0 amide bonds. The fraction of sp³-hybridized carbons (Fsp3) is 0.235. The van der Waals surface area contributed by atoms with E-state index in [9.17, 15) is 9.11 Å². The summed E-state index contributed by atoms with van der Waals surface area (Å²) >= 11 is 0. The molecular weight excluding hydrogens is 326 g/mol. The molecule has 4 rings (SSSR count). The monoisotopic (exact) mass is 343 g/mol. The molecule has 0 radical (unpaired) electrons. The molecule has 1 saturated carbocycles. The summed E-state index contributed by atoms with van der Waals surface area (Å²) in [7, 11) is -3.02. The minimum atomic E-state index is -3.02. The van der Waals surface area contributed by atoms with Crippen molar-refractivity contribution >= 4 is 16.5 Å². The zero-order valence-electron chi connectivity index (χ0n) is 12.8. The van der Waals surface area contributed by atoms with Gasteiger partial charge in [0.05, 0.1) is 24.0 Å². The van der Waals surface area contributed by atoms with Crippen LogP contribution in [0.5, 0.6) is 11.5 Å². The van der Waals surface area contributed by atoms with Crippen molar-refractivity contribution in [2.45, 2.75) is 23.8 Å². The van der Waals surface area contributed by atoms with E-state index in [0.717, 1.165) is 18.5 Å². The third kappa shape index (κ3) is 2.81. The van der Waals surface area contributed by atoms with E-state index < -0.39 is 10.8 Å². The van der Waals surface area contributed by atoms with E-state index in [-0.39, 0.29) is 0 Å². The topological polar surface area (TPSA) is 88.8 Å². The average molecular weight is 343 g/mol. The normalized spacial score (nSPS) is 20.0. The van der Waals surface area contributed by atoms with Gasteiger partial charge in [-0.2, -0.15) is 9.98 Å². The van der Waals surface area contributed by atoms with Crippen LogP contribution in [0.3, 0.4) is 0 Å². The van der Waals surface area contributed by atoms with E-state index in [1.807, 2.05) is 12.1 Å². The van der Waals surface area contributed by atoms with Crippen molar-refractivity contribution in [2.24, 2.45) is 0 Å². The molecule has 0 bridgehead atoms. The standard InChI is InChI=1S/C17H17N3O3S/c18-10-12-1-5-14(6-2-12)23-15-7-8-16-17(9-15)24(21,22)19-11-20(16)13-3-4-13/h1-2,5-9,13,19,21-22H,3-4,11H2. The maximum Gasteiger partial charge on any atom is 0.129 e. The van der Waals surface area contributed by atoms with Gasteiger partial charge in [0.1, 0.15) is 16.4 Å². The van der Waals surface area contributed by atoms with Crippen LogP contribution >= 0.6 is 10.8 Å². The lowest BCUT2D eigenvalue weighted by Gasteiger charge is -2.44. The second kappa shape index (κ2) is 5.69. The predicted molar refractivity (Wildman–Crippen MR) is 92.3 cm³/mol. The van der Waals surface area contributed by atoms with E-state index >= 15 is 0 Å². The maximum atomic E-state index is 10.3. The maximum absolute atomic E-state index is 10.3. The Kier molecular flexibility index (Phi) is 3.62. The van der Waals surface area contributed by atoms with Gasteiger partial charge in [-0.15, -0.1) is 10.8 Å². The van der Waals surface area contributed by atoms with Crippen LogP contribution in [-0.4, -0.2) is 21.8 Å². The molecule has 1 aliphatic heterocycles. The third-order valence-corrected chi connectivity index (χ3v) is 5.66. The molecule has 1 fully saturated rings. The number of ether oxygens (including phenoxy) is 1. The number of hydrogen-bond donors (Lipinski definition) is 3.